The van der Waals surface area contributed by atoms with Gasteiger partial charge in [0.25, 0.3) is 5.69 Å². The number of hydrogen-bond acceptors (Lipinski definition) is 6. The number of nitrogens with one attached hydrogen (secondary N) is 1. The fourth-order valence-corrected chi connectivity index (χ4v) is 3.40. The summed E-state index contributed by atoms with van der Waals surface area (Å²) in [5.74, 6) is -3.50. The van der Waals surface area contributed by atoms with Crippen LogP contribution < -0.4 is 10.1 Å². The Labute approximate surface area is 142 Å². The number of hydrogen-bond donors (Lipinski definition) is 2. The van der Waals surface area contributed by atoms with Crippen molar-refractivity contribution < 1.29 is 29.1 Å². The number of rotatable bonds is 5. The summed E-state index contributed by atoms with van der Waals surface area (Å²) in [4.78, 5) is 34.7. The van der Waals surface area contributed by atoms with Gasteiger partial charge in [-0.25, -0.2) is 0 Å². The lowest BCUT2D eigenvalue weighted by Crippen LogP contribution is -2.44. The molecule has 2 aliphatic rings. The van der Waals surface area contributed by atoms with Gasteiger partial charge in [-0.2, -0.15) is 0 Å². The zero-order chi connectivity index (χ0) is 18.4. The summed E-state index contributed by atoms with van der Waals surface area (Å²) in [6.45, 7) is 1.64. The highest BCUT2D eigenvalue weighted by Gasteiger charge is 2.59. The van der Waals surface area contributed by atoms with Crippen molar-refractivity contribution in [2.24, 2.45) is 11.8 Å². The van der Waals surface area contributed by atoms with Crippen molar-refractivity contribution in [2.75, 3.05) is 12.4 Å². The highest BCUT2D eigenvalue weighted by Crippen LogP contribution is 2.47. The second kappa shape index (κ2) is 5.85. The number of carboxylic acids is 1. The van der Waals surface area contributed by atoms with Crippen molar-refractivity contribution in [1.82, 2.24) is 0 Å². The number of amides is 1. The number of nitro groups is 1. The molecule has 132 valence electrons. The summed E-state index contributed by atoms with van der Waals surface area (Å²) < 4.78 is 10.7. The Bertz CT molecular complexity index is 791. The van der Waals surface area contributed by atoms with Crippen molar-refractivity contribution in [3.63, 3.8) is 0 Å². The number of carbonyl (C=O) groups is 2. The number of aliphatic carboxylic acids is 1. The van der Waals surface area contributed by atoms with Crippen molar-refractivity contribution >= 4 is 23.3 Å². The van der Waals surface area contributed by atoms with Crippen LogP contribution in [0.3, 0.4) is 0 Å². The number of ether oxygens (including phenoxy) is 2. The molecule has 1 saturated heterocycles. The molecule has 2 aliphatic heterocycles. The lowest BCUT2D eigenvalue weighted by molar-refractivity contribution is -0.384. The number of fused-ring (bicyclic) bond motifs is 2. The van der Waals surface area contributed by atoms with E-state index < -0.39 is 40.3 Å². The van der Waals surface area contributed by atoms with E-state index in [0.717, 1.165) is 0 Å². The van der Waals surface area contributed by atoms with Gasteiger partial charge < -0.3 is 19.9 Å². The molecule has 9 nitrogen and oxygen atoms in total. The van der Waals surface area contributed by atoms with Crippen LogP contribution in [-0.4, -0.2) is 40.7 Å². The average Bonchev–Trinajstić information content (AvgIpc) is 3.07. The van der Waals surface area contributed by atoms with Gasteiger partial charge in [-0.3, -0.25) is 19.7 Å². The Morgan fingerprint density at radius 3 is 2.76 bits per heavy atom. The number of nitro benzene ring substituents is 1. The molecule has 1 aromatic rings. The number of benzene rings is 1. The van der Waals surface area contributed by atoms with Gasteiger partial charge >= 0.3 is 5.97 Å². The minimum absolute atomic E-state index is 0.0983. The molecule has 1 aromatic carbocycles. The topological polar surface area (TPSA) is 128 Å². The van der Waals surface area contributed by atoms with E-state index in [4.69, 9.17) is 9.47 Å². The Hall–Kier alpha value is -2.94. The average molecular weight is 348 g/mol. The molecule has 0 aromatic heterocycles. The van der Waals surface area contributed by atoms with Gasteiger partial charge in [0.05, 0.1) is 35.3 Å². The van der Waals surface area contributed by atoms with Crippen LogP contribution in [0.5, 0.6) is 5.75 Å². The molecule has 1 fully saturated rings. The van der Waals surface area contributed by atoms with E-state index in [9.17, 15) is 24.8 Å². The van der Waals surface area contributed by atoms with Gasteiger partial charge in [0.1, 0.15) is 11.7 Å². The minimum Gasteiger partial charge on any atom is -0.495 e. The first-order chi connectivity index (χ1) is 11.8. The monoisotopic (exact) mass is 348 g/mol. The number of nitrogens with zero attached hydrogens (tertiary/aromatic N) is 1. The van der Waals surface area contributed by atoms with Gasteiger partial charge in [0, 0.05) is 12.1 Å². The first-order valence-corrected chi connectivity index (χ1v) is 7.50. The predicted molar refractivity (Wildman–Crippen MR) is 85.3 cm³/mol. The minimum atomic E-state index is -1.13. The molecule has 4 atom stereocenters. The lowest BCUT2D eigenvalue weighted by Gasteiger charge is -2.28. The van der Waals surface area contributed by atoms with Crippen LogP contribution >= 0.6 is 0 Å². The van der Waals surface area contributed by atoms with E-state index in [2.05, 4.69) is 5.32 Å². The van der Waals surface area contributed by atoms with Gasteiger partial charge in [-0.15, -0.1) is 0 Å². The highest BCUT2D eigenvalue weighted by molar-refractivity contribution is 5.98. The van der Waals surface area contributed by atoms with Crippen LogP contribution in [0.2, 0.25) is 0 Å². The van der Waals surface area contributed by atoms with Crippen LogP contribution in [0.4, 0.5) is 11.4 Å². The van der Waals surface area contributed by atoms with Crippen molar-refractivity contribution in [3.05, 3.63) is 40.5 Å². The Kier molecular flexibility index (Phi) is 3.96. The molecule has 2 heterocycles. The Balaban J connectivity index is 1.92. The van der Waals surface area contributed by atoms with Crippen LogP contribution in [0.15, 0.2) is 30.4 Å². The fourth-order valence-electron chi connectivity index (χ4n) is 3.40. The van der Waals surface area contributed by atoms with Crippen molar-refractivity contribution in [3.8, 4) is 5.75 Å². The number of methoxy groups -OCH3 is 1. The molecular weight excluding hydrogens is 332 g/mol. The number of carboxylic acid groups (broad SMARTS) is 1. The number of anilines is 1. The Morgan fingerprint density at radius 2 is 2.16 bits per heavy atom. The summed E-state index contributed by atoms with van der Waals surface area (Å²) in [7, 11) is 1.36. The summed E-state index contributed by atoms with van der Waals surface area (Å²) in [5, 5.41) is 22.9. The van der Waals surface area contributed by atoms with Crippen LogP contribution in [-0.2, 0) is 14.3 Å². The summed E-state index contributed by atoms with van der Waals surface area (Å²) in [5.41, 5.74) is -1.16. The van der Waals surface area contributed by atoms with Gasteiger partial charge in [0.15, 0.2) is 0 Å². The molecule has 0 spiro atoms. The van der Waals surface area contributed by atoms with E-state index in [1.807, 2.05) is 0 Å². The maximum atomic E-state index is 12.8. The largest absolute Gasteiger partial charge is 0.495 e. The predicted octanol–water partition coefficient (Wildman–Crippen LogP) is 1.59. The SMILES string of the molecule is COc1ccc([N+](=O)[O-])cc1NC(=O)[C@H]1[C@@H](C(=O)O)[C@H]2C=C[C@@]1(C)O2. The van der Waals surface area contributed by atoms with Crippen molar-refractivity contribution in [2.45, 2.75) is 18.6 Å². The van der Waals surface area contributed by atoms with Crippen LogP contribution in [0, 0.1) is 22.0 Å². The van der Waals surface area contributed by atoms with Crippen LogP contribution in [0.1, 0.15) is 6.92 Å². The van der Waals surface area contributed by atoms with Crippen molar-refractivity contribution in [1.29, 1.82) is 0 Å². The highest BCUT2D eigenvalue weighted by atomic mass is 16.6. The first kappa shape index (κ1) is 16.9. The molecule has 3 rings (SSSR count). The normalized spacial score (nSPS) is 29.4. The molecular formula is C16H16N2O7. The summed E-state index contributed by atoms with van der Waals surface area (Å²) >= 11 is 0. The first-order valence-electron chi connectivity index (χ1n) is 7.50. The Morgan fingerprint density at radius 1 is 1.44 bits per heavy atom. The lowest BCUT2D eigenvalue weighted by atomic mass is 9.75. The van der Waals surface area contributed by atoms with E-state index in [1.165, 1.54) is 25.3 Å². The maximum Gasteiger partial charge on any atom is 0.310 e. The molecule has 1 amide bonds. The molecule has 2 bridgehead atoms. The number of carbonyl (C=O) groups excluding carboxylic acids is 1. The van der Waals surface area contributed by atoms with E-state index in [-0.39, 0.29) is 17.1 Å². The zero-order valence-electron chi connectivity index (χ0n) is 13.5. The number of non-ortho nitro benzene ring substituents is 1. The molecule has 0 unspecified atom stereocenters. The van der Waals surface area contributed by atoms with Crippen LogP contribution in [0.25, 0.3) is 0 Å². The zero-order valence-corrected chi connectivity index (χ0v) is 13.5. The molecule has 0 saturated carbocycles. The summed E-state index contributed by atoms with van der Waals surface area (Å²) in [6, 6.07) is 3.78. The van der Waals surface area contributed by atoms with Gasteiger partial charge in [-0.1, -0.05) is 12.2 Å². The molecule has 2 N–H and O–H groups in total. The fraction of sp³-hybridized carbons (Fsp3) is 0.375. The molecule has 0 radical (unpaired) electrons. The quantitative estimate of drug-likeness (QED) is 0.470. The molecule has 25 heavy (non-hydrogen) atoms. The standard InChI is InChI=1S/C16H16N2O7/c1-16-6-5-11(25-16)12(15(20)21)13(16)14(19)17-9-7-8(18(22)23)3-4-10(9)24-2/h3-7,11-13H,1-2H3,(H,17,19)(H,20,21)/t11-,12+,13-,16-/m1/s1. The second-order valence-corrected chi connectivity index (χ2v) is 6.10. The molecule has 0 aliphatic carbocycles. The second-order valence-electron chi connectivity index (χ2n) is 6.10. The molecule has 9 heteroatoms. The third-order valence-corrected chi connectivity index (χ3v) is 4.56. The van der Waals surface area contributed by atoms with Gasteiger partial charge in [-0.05, 0) is 13.0 Å². The van der Waals surface area contributed by atoms with E-state index in [0.29, 0.717) is 0 Å². The maximum absolute atomic E-state index is 12.8. The summed E-state index contributed by atoms with van der Waals surface area (Å²) in [6.07, 6.45) is 2.63. The third-order valence-electron chi connectivity index (χ3n) is 4.56. The smallest absolute Gasteiger partial charge is 0.310 e. The van der Waals surface area contributed by atoms with E-state index in [1.54, 1.807) is 19.1 Å². The third kappa shape index (κ3) is 2.72. The van der Waals surface area contributed by atoms with E-state index >= 15 is 0 Å². The van der Waals surface area contributed by atoms with Gasteiger partial charge in [0.2, 0.25) is 5.91 Å².